The molecule has 1 N–H and O–H groups in total. The summed E-state index contributed by atoms with van der Waals surface area (Å²) >= 11 is 3.52. The van der Waals surface area contributed by atoms with Gasteiger partial charge in [0.05, 0.1) is 0 Å². The summed E-state index contributed by atoms with van der Waals surface area (Å²) in [7, 11) is 4.16. The summed E-state index contributed by atoms with van der Waals surface area (Å²) in [5, 5.41) is 3.18. The van der Waals surface area contributed by atoms with Gasteiger partial charge in [-0.3, -0.25) is 0 Å². The van der Waals surface area contributed by atoms with E-state index < -0.39 is 0 Å². The van der Waals surface area contributed by atoms with Gasteiger partial charge in [-0.2, -0.15) is 0 Å². The number of aryl methyl sites for hydroxylation is 1. The van der Waals surface area contributed by atoms with E-state index in [2.05, 4.69) is 58.3 Å². The third-order valence-corrected chi connectivity index (χ3v) is 3.25. The standard InChI is InChI=1S/C13H21BrN2/c1-11-6-7-12(14)10-13(11)16(3)9-5-4-8-15-2/h6-7,10,15H,4-5,8-9H2,1-3H3. The maximum atomic E-state index is 3.52. The highest BCUT2D eigenvalue weighted by Crippen LogP contribution is 2.23. The first-order valence-corrected chi connectivity index (χ1v) is 6.56. The van der Waals surface area contributed by atoms with E-state index in [1.165, 1.54) is 24.1 Å². The van der Waals surface area contributed by atoms with Gasteiger partial charge in [0.2, 0.25) is 0 Å². The number of hydrogen-bond acceptors (Lipinski definition) is 2. The molecule has 0 fully saturated rings. The van der Waals surface area contributed by atoms with Crippen LogP contribution in [0, 0.1) is 6.92 Å². The molecule has 0 saturated carbocycles. The predicted octanol–water partition coefficient (Wildman–Crippen LogP) is 3.19. The summed E-state index contributed by atoms with van der Waals surface area (Å²) in [6, 6.07) is 6.44. The molecule has 90 valence electrons. The summed E-state index contributed by atoms with van der Waals surface area (Å²) < 4.78 is 1.15. The summed E-state index contributed by atoms with van der Waals surface area (Å²) in [5.74, 6) is 0. The quantitative estimate of drug-likeness (QED) is 0.807. The Morgan fingerprint density at radius 3 is 2.75 bits per heavy atom. The second kappa shape index (κ2) is 6.92. The lowest BCUT2D eigenvalue weighted by Crippen LogP contribution is -2.20. The summed E-state index contributed by atoms with van der Waals surface area (Å²) in [6.45, 7) is 4.37. The van der Waals surface area contributed by atoms with Gasteiger partial charge < -0.3 is 10.2 Å². The molecule has 0 aliphatic carbocycles. The molecule has 1 aromatic carbocycles. The molecule has 0 aliphatic rings. The molecule has 0 atom stereocenters. The first kappa shape index (κ1) is 13.5. The van der Waals surface area contributed by atoms with Crippen molar-refractivity contribution in [2.75, 3.05) is 32.1 Å². The average Bonchev–Trinajstić information content (AvgIpc) is 2.27. The monoisotopic (exact) mass is 284 g/mol. The molecule has 0 saturated heterocycles. The first-order valence-electron chi connectivity index (χ1n) is 5.77. The van der Waals surface area contributed by atoms with Crippen LogP contribution in [0.15, 0.2) is 22.7 Å². The summed E-state index contributed by atoms with van der Waals surface area (Å²) in [4.78, 5) is 2.33. The fourth-order valence-electron chi connectivity index (χ4n) is 1.76. The van der Waals surface area contributed by atoms with Crippen LogP contribution in [0.4, 0.5) is 5.69 Å². The van der Waals surface area contributed by atoms with Crippen LogP contribution >= 0.6 is 15.9 Å². The van der Waals surface area contributed by atoms with Gasteiger partial charge >= 0.3 is 0 Å². The van der Waals surface area contributed by atoms with Gasteiger partial charge in [-0.25, -0.2) is 0 Å². The van der Waals surface area contributed by atoms with Crippen LogP contribution in [-0.2, 0) is 0 Å². The van der Waals surface area contributed by atoms with Crippen molar-refractivity contribution in [2.45, 2.75) is 19.8 Å². The fraction of sp³-hybridized carbons (Fsp3) is 0.538. The van der Waals surface area contributed by atoms with Crippen LogP contribution in [0.5, 0.6) is 0 Å². The van der Waals surface area contributed by atoms with Crippen LogP contribution in [0.1, 0.15) is 18.4 Å². The van der Waals surface area contributed by atoms with Gasteiger partial charge in [-0.1, -0.05) is 22.0 Å². The lowest BCUT2D eigenvalue weighted by atomic mass is 10.2. The van der Waals surface area contributed by atoms with E-state index in [0.717, 1.165) is 17.6 Å². The van der Waals surface area contributed by atoms with Crippen LogP contribution < -0.4 is 10.2 Å². The molecule has 2 nitrogen and oxygen atoms in total. The van der Waals surface area contributed by atoms with E-state index in [1.807, 2.05) is 7.05 Å². The zero-order chi connectivity index (χ0) is 12.0. The predicted molar refractivity (Wildman–Crippen MR) is 75.3 cm³/mol. The van der Waals surface area contributed by atoms with Gasteiger partial charge in [0.25, 0.3) is 0 Å². The van der Waals surface area contributed by atoms with Crippen molar-refractivity contribution in [2.24, 2.45) is 0 Å². The minimum atomic E-state index is 1.10. The number of anilines is 1. The summed E-state index contributed by atoms with van der Waals surface area (Å²) in [5.41, 5.74) is 2.65. The number of halogens is 1. The number of hydrogen-bond donors (Lipinski definition) is 1. The van der Waals surface area contributed by atoms with Crippen molar-refractivity contribution < 1.29 is 0 Å². The van der Waals surface area contributed by atoms with Crippen LogP contribution in [0.3, 0.4) is 0 Å². The Balaban J connectivity index is 2.51. The van der Waals surface area contributed by atoms with Gasteiger partial charge in [0, 0.05) is 23.8 Å². The summed E-state index contributed by atoms with van der Waals surface area (Å²) in [6.07, 6.45) is 2.46. The molecule has 0 spiro atoms. The van der Waals surface area contributed by atoms with Crippen LogP contribution in [0.2, 0.25) is 0 Å². The number of rotatable bonds is 6. The molecule has 16 heavy (non-hydrogen) atoms. The smallest absolute Gasteiger partial charge is 0.0404 e. The zero-order valence-electron chi connectivity index (χ0n) is 10.4. The maximum absolute atomic E-state index is 3.52. The Bertz CT molecular complexity index is 326. The highest BCUT2D eigenvalue weighted by molar-refractivity contribution is 9.10. The third kappa shape index (κ3) is 4.14. The number of nitrogens with zero attached hydrogens (tertiary/aromatic N) is 1. The van der Waals surface area contributed by atoms with E-state index in [-0.39, 0.29) is 0 Å². The Morgan fingerprint density at radius 2 is 2.06 bits per heavy atom. The molecule has 1 rings (SSSR count). The molecular weight excluding hydrogens is 264 g/mol. The molecule has 0 bridgehead atoms. The molecule has 0 amide bonds. The topological polar surface area (TPSA) is 15.3 Å². The number of unbranched alkanes of at least 4 members (excludes halogenated alkanes) is 1. The number of benzene rings is 1. The van der Waals surface area contributed by atoms with Gasteiger partial charge in [0.1, 0.15) is 0 Å². The Kier molecular flexibility index (Phi) is 5.85. The zero-order valence-corrected chi connectivity index (χ0v) is 12.0. The normalized spacial score (nSPS) is 10.5. The van der Waals surface area contributed by atoms with E-state index in [0.29, 0.717) is 0 Å². The molecule has 0 unspecified atom stereocenters. The van der Waals surface area contributed by atoms with Crippen molar-refractivity contribution in [1.29, 1.82) is 0 Å². The van der Waals surface area contributed by atoms with Gasteiger partial charge in [-0.05, 0) is 51.1 Å². The molecule has 0 heterocycles. The average molecular weight is 285 g/mol. The van der Waals surface area contributed by atoms with Crippen molar-refractivity contribution in [3.05, 3.63) is 28.2 Å². The SMILES string of the molecule is CNCCCCN(C)c1cc(Br)ccc1C. The second-order valence-electron chi connectivity index (χ2n) is 4.16. The van der Waals surface area contributed by atoms with Crippen molar-refractivity contribution in [3.63, 3.8) is 0 Å². The van der Waals surface area contributed by atoms with Crippen LogP contribution in [0.25, 0.3) is 0 Å². The second-order valence-corrected chi connectivity index (χ2v) is 5.08. The van der Waals surface area contributed by atoms with Crippen molar-refractivity contribution in [1.82, 2.24) is 5.32 Å². The largest absolute Gasteiger partial charge is 0.374 e. The van der Waals surface area contributed by atoms with Crippen molar-refractivity contribution >= 4 is 21.6 Å². The van der Waals surface area contributed by atoms with E-state index in [9.17, 15) is 0 Å². The van der Waals surface area contributed by atoms with E-state index >= 15 is 0 Å². The minimum Gasteiger partial charge on any atom is -0.374 e. The molecule has 3 heteroatoms. The Hall–Kier alpha value is -0.540. The highest BCUT2D eigenvalue weighted by atomic mass is 79.9. The number of nitrogens with one attached hydrogen (secondary N) is 1. The molecular formula is C13H21BrN2. The van der Waals surface area contributed by atoms with Gasteiger partial charge in [0.15, 0.2) is 0 Å². The molecule has 0 radical (unpaired) electrons. The van der Waals surface area contributed by atoms with Crippen LogP contribution in [-0.4, -0.2) is 27.2 Å². The minimum absolute atomic E-state index is 1.10. The molecule has 1 aromatic rings. The molecule has 0 aromatic heterocycles. The van der Waals surface area contributed by atoms with E-state index in [1.54, 1.807) is 0 Å². The van der Waals surface area contributed by atoms with Crippen molar-refractivity contribution in [3.8, 4) is 0 Å². The first-order chi connectivity index (χ1) is 7.65. The third-order valence-electron chi connectivity index (χ3n) is 2.75. The lowest BCUT2D eigenvalue weighted by molar-refractivity contribution is 0.670. The Labute approximate surface area is 107 Å². The Morgan fingerprint density at radius 1 is 1.31 bits per heavy atom. The highest BCUT2D eigenvalue weighted by Gasteiger charge is 2.04. The lowest BCUT2D eigenvalue weighted by Gasteiger charge is -2.21. The van der Waals surface area contributed by atoms with E-state index in [4.69, 9.17) is 0 Å². The molecule has 0 aliphatic heterocycles. The fourth-order valence-corrected chi connectivity index (χ4v) is 2.11. The maximum Gasteiger partial charge on any atom is 0.0404 e. The van der Waals surface area contributed by atoms with Gasteiger partial charge in [-0.15, -0.1) is 0 Å².